The van der Waals surface area contributed by atoms with Gasteiger partial charge in [-0.3, -0.25) is 0 Å². The quantitative estimate of drug-likeness (QED) is 0.450. The Bertz CT molecular complexity index is 251. The van der Waals surface area contributed by atoms with Gasteiger partial charge in [0, 0.05) is 6.54 Å². The Morgan fingerprint density at radius 3 is 2.21 bits per heavy atom. The van der Waals surface area contributed by atoms with Gasteiger partial charge < -0.3 is 14.8 Å². The lowest BCUT2D eigenvalue weighted by Gasteiger charge is -2.27. The normalized spacial score (nSPS) is 15.1. The molecule has 0 heterocycles. The van der Waals surface area contributed by atoms with E-state index in [0.717, 1.165) is 4.90 Å². The van der Waals surface area contributed by atoms with Crippen LogP contribution < -0.4 is 0 Å². The molecule has 0 amide bonds. The molecule has 0 fully saturated rings. The van der Waals surface area contributed by atoms with Gasteiger partial charge in [0.15, 0.2) is 0 Å². The summed E-state index contributed by atoms with van der Waals surface area (Å²) in [7, 11) is -4.79. The zero-order valence-electron chi connectivity index (χ0n) is 8.25. The number of rotatable bonds is 6. The topological polar surface area (TPSA) is 101 Å². The molecule has 86 valence electrons. The predicted molar refractivity (Wildman–Crippen MR) is 49.0 cm³/mol. The largest absolute Gasteiger partial charge is 0.745 e. The SMILES string of the molecule is CC(C)CCN(CO)C(O)S(=O)(=O)[O-]. The summed E-state index contributed by atoms with van der Waals surface area (Å²) in [6.07, 6.45) is 0.590. The van der Waals surface area contributed by atoms with Crippen LogP contribution in [-0.2, 0) is 10.1 Å². The second kappa shape index (κ2) is 5.62. The molecule has 7 heteroatoms. The van der Waals surface area contributed by atoms with Crippen LogP contribution >= 0.6 is 0 Å². The Labute approximate surface area is 83.9 Å². The summed E-state index contributed by atoms with van der Waals surface area (Å²) < 4.78 is 31.3. The van der Waals surface area contributed by atoms with Gasteiger partial charge in [0.1, 0.15) is 10.1 Å². The van der Waals surface area contributed by atoms with E-state index in [9.17, 15) is 13.0 Å². The molecule has 1 unspecified atom stereocenters. The third kappa shape index (κ3) is 4.87. The van der Waals surface area contributed by atoms with Crippen LogP contribution in [0.4, 0.5) is 0 Å². The predicted octanol–water partition coefficient (Wildman–Crippen LogP) is -0.895. The number of hydrogen-bond acceptors (Lipinski definition) is 6. The van der Waals surface area contributed by atoms with Crippen LogP contribution in [0.5, 0.6) is 0 Å². The van der Waals surface area contributed by atoms with E-state index < -0.39 is 22.4 Å². The molecule has 0 aliphatic heterocycles. The highest BCUT2D eigenvalue weighted by Gasteiger charge is 2.20. The minimum Gasteiger partial charge on any atom is -0.745 e. The number of hydrogen-bond donors (Lipinski definition) is 2. The Kier molecular flexibility index (Phi) is 5.53. The molecule has 0 aliphatic rings. The summed E-state index contributed by atoms with van der Waals surface area (Å²) in [4.78, 5) is 0.808. The Balaban J connectivity index is 4.27. The van der Waals surface area contributed by atoms with E-state index in [4.69, 9.17) is 10.2 Å². The van der Waals surface area contributed by atoms with Crippen molar-refractivity contribution < 1.29 is 23.2 Å². The molecule has 0 aromatic heterocycles. The second-order valence-electron chi connectivity index (χ2n) is 3.46. The molecule has 0 spiro atoms. The first-order valence-corrected chi connectivity index (χ1v) is 5.74. The van der Waals surface area contributed by atoms with Crippen molar-refractivity contribution in [2.24, 2.45) is 5.92 Å². The first-order chi connectivity index (χ1) is 6.29. The van der Waals surface area contributed by atoms with Crippen LogP contribution in [0.1, 0.15) is 20.3 Å². The monoisotopic (exact) mass is 226 g/mol. The van der Waals surface area contributed by atoms with Crippen LogP contribution in [0.3, 0.4) is 0 Å². The lowest BCUT2D eigenvalue weighted by atomic mass is 10.1. The van der Waals surface area contributed by atoms with Crippen molar-refractivity contribution in [3.63, 3.8) is 0 Å². The number of aliphatic hydroxyl groups excluding tert-OH is 2. The van der Waals surface area contributed by atoms with Crippen LogP contribution in [0.15, 0.2) is 0 Å². The molecule has 0 aromatic rings. The van der Waals surface area contributed by atoms with E-state index in [1.165, 1.54) is 0 Å². The summed E-state index contributed by atoms with van der Waals surface area (Å²) >= 11 is 0. The molecule has 14 heavy (non-hydrogen) atoms. The molecule has 1 atom stereocenters. The van der Waals surface area contributed by atoms with E-state index in [2.05, 4.69) is 0 Å². The fraction of sp³-hybridized carbons (Fsp3) is 1.00. The molecule has 0 bridgehead atoms. The fourth-order valence-electron chi connectivity index (χ4n) is 0.858. The van der Waals surface area contributed by atoms with Crippen molar-refractivity contribution in [3.05, 3.63) is 0 Å². The first-order valence-electron chi connectivity index (χ1n) is 4.26. The van der Waals surface area contributed by atoms with Crippen LogP contribution in [-0.4, -0.2) is 46.9 Å². The minimum atomic E-state index is -4.79. The van der Waals surface area contributed by atoms with Gasteiger partial charge in [-0.1, -0.05) is 13.8 Å². The minimum absolute atomic E-state index is 0.163. The van der Waals surface area contributed by atoms with E-state index >= 15 is 0 Å². The molecule has 0 aliphatic carbocycles. The average molecular weight is 226 g/mol. The average Bonchev–Trinajstić information content (AvgIpc) is 2.03. The molecule has 0 aromatic carbocycles. The summed E-state index contributed by atoms with van der Waals surface area (Å²) in [6.45, 7) is 3.33. The van der Waals surface area contributed by atoms with Crippen molar-refractivity contribution in [3.8, 4) is 0 Å². The molecule has 0 saturated carbocycles. The number of nitrogens with zero attached hydrogens (tertiary/aromatic N) is 1. The van der Waals surface area contributed by atoms with Gasteiger partial charge in [-0.2, -0.15) is 0 Å². The molecule has 6 nitrogen and oxygen atoms in total. The van der Waals surface area contributed by atoms with Crippen molar-refractivity contribution in [2.45, 2.75) is 25.8 Å². The smallest absolute Gasteiger partial charge is 0.201 e. The molecular formula is C7H16NO5S-. The maximum atomic E-state index is 10.4. The van der Waals surface area contributed by atoms with E-state index in [-0.39, 0.29) is 6.54 Å². The van der Waals surface area contributed by atoms with E-state index in [1.54, 1.807) is 0 Å². The third-order valence-corrected chi connectivity index (χ3v) is 2.56. The summed E-state index contributed by atoms with van der Waals surface area (Å²) in [5.74, 6) is 0.297. The number of aliphatic hydroxyl groups is 2. The third-order valence-electron chi connectivity index (χ3n) is 1.75. The molecule has 0 radical (unpaired) electrons. The van der Waals surface area contributed by atoms with Gasteiger partial charge in [-0.25, -0.2) is 13.3 Å². The molecule has 2 N–H and O–H groups in total. The zero-order valence-corrected chi connectivity index (χ0v) is 9.07. The standard InChI is InChI=1S/C7H17NO5S/c1-6(2)3-4-8(5-9)7(10)14(11,12)13/h6-7,9-10H,3-5H2,1-2H3,(H,11,12,13)/p-1. The lowest BCUT2D eigenvalue weighted by molar-refractivity contribution is -0.00549. The van der Waals surface area contributed by atoms with Crippen molar-refractivity contribution in [2.75, 3.05) is 13.3 Å². The van der Waals surface area contributed by atoms with Gasteiger partial charge in [0.25, 0.3) is 0 Å². The Hall–Kier alpha value is -0.210. The molecular weight excluding hydrogens is 210 g/mol. The van der Waals surface area contributed by atoms with Crippen LogP contribution in [0.2, 0.25) is 0 Å². The van der Waals surface area contributed by atoms with Gasteiger partial charge >= 0.3 is 0 Å². The Morgan fingerprint density at radius 2 is 1.93 bits per heavy atom. The van der Waals surface area contributed by atoms with Crippen molar-refractivity contribution >= 4 is 10.1 Å². The van der Waals surface area contributed by atoms with Gasteiger partial charge in [-0.05, 0) is 12.3 Å². The lowest BCUT2D eigenvalue weighted by Crippen LogP contribution is -2.42. The molecule has 0 rings (SSSR count). The Morgan fingerprint density at radius 1 is 1.43 bits per heavy atom. The maximum absolute atomic E-state index is 10.4. The van der Waals surface area contributed by atoms with Gasteiger partial charge in [-0.15, -0.1) is 0 Å². The van der Waals surface area contributed by atoms with E-state index in [0.29, 0.717) is 12.3 Å². The summed E-state index contributed by atoms with van der Waals surface area (Å²) in [5, 5.41) is 17.8. The van der Waals surface area contributed by atoms with E-state index in [1.807, 2.05) is 13.8 Å². The highest BCUT2D eigenvalue weighted by molar-refractivity contribution is 7.86. The summed E-state index contributed by atoms with van der Waals surface area (Å²) in [6, 6.07) is 0. The van der Waals surface area contributed by atoms with Crippen molar-refractivity contribution in [1.29, 1.82) is 0 Å². The molecule has 0 saturated heterocycles. The zero-order chi connectivity index (χ0) is 11.4. The highest BCUT2D eigenvalue weighted by Crippen LogP contribution is 2.07. The van der Waals surface area contributed by atoms with Crippen LogP contribution in [0.25, 0.3) is 0 Å². The summed E-state index contributed by atoms with van der Waals surface area (Å²) in [5.41, 5.74) is -2.16. The first kappa shape index (κ1) is 13.8. The van der Waals surface area contributed by atoms with Crippen molar-refractivity contribution in [1.82, 2.24) is 4.90 Å². The van der Waals surface area contributed by atoms with Crippen LogP contribution in [0, 0.1) is 5.92 Å². The second-order valence-corrected chi connectivity index (χ2v) is 4.86. The van der Waals surface area contributed by atoms with Gasteiger partial charge in [0.05, 0.1) is 6.73 Å². The highest BCUT2D eigenvalue weighted by atomic mass is 32.2. The van der Waals surface area contributed by atoms with Gasteiger partial charge in [0.2, 0.25) is 5.56 Å². The maximum Gasteiger partial charge on any atom is 0.201 e. The fourth-order valence-corrected chi connectivity index (χ4v) is 1.39.